The fraction of sp³-hybridized carbons (Fsp3) is 0.0769. The summed E-state index contributed by atoms with van der Waals surface area (Å²) in [6.45, 7) is -0.304. The molecule has 0 fully saturated rings. The summed E-state index contributed by atoms with van der Waals surface area (Å²) in [5, 5.41) is 9.29. The first-order chi connectivity index (χ1) is 9.83. The number of hydrogen-bond acceptors (Lipinski definition) is 3. The molecule has 2 N–H and O–H groups in total. The summed E-state index contributed by atoms with van der Waals surface area (Å²) in [6.07, 6.45) is 0. The highest BCUT2D eigenvalue weighted by molar-refractivity contribution is 9.10. The predicted octanol–water partition coefficient (Wildman–Crippen LogP) is 3.53. The Hall–Kier alpha value is -1.15. The molecule has 0 saturated heterocycles. The first-order valence-electron chi connectivity index (χ1n) is 5.70. The zero-order valence-corrected chi connectivity index (χ0v) is 13.6. The van der Waals surface area contributed by atoms with Gasteiger partial charge in [0.2, 0.25) is 0 Å². The topological polar surface area (TPSA) is 66.4 Å². The van der Waals surface area contributed by atoms with E-state index < -0.39 is 15.8 Å². The van der Waals surface area contributed by atoms with Crippen LogP contribution in [0, 0.1) is 5.82 Å². The normalized spacial score (nSPS) is 11.4. The number of rotatable bonds is 4. The van der Waals surface area contributed by atoms with E-state index in [-0.39, 0.29) is 22.2 Å². The quantitative estimate of drug-likeness (QED) is 0.833. The number of aliphatic hydroxyl groups is 1. The number of benzene rings is 2. The maximum absolute atomic E-state index is 13.6. The van der Waals surface area contributed by atoms with E-state index in [0.717, 1.165) is 6.07 Å². The van der Waals surface area contributed by atoms with Crippen molar-refractivity contribution in [2.75, 3.05) is 4.72 Å². The summed E-state index contributed by atoms with van der Waals surface area (Å²) >= 11 is 8.85. The third kappa shape index (κ3) is 3.74. The molecule has 2 aromatic rings. The molecule has 4 nitrogen and oxygen atoms in total. The fourth-order valence-electron chi connectivity index (χ4n) is 1.63. The van der Waals surface area contributed by atoms with Gasteiger partial charge in [0.15, 0.2) is 0 Å². The molecule has 0 heterocycles. The molecule has 112 valence electrons. The van der Waals surface area contributed by atoms with Crippen molar-refractivity contribution in [2.24, 2.45) is 0 Å². The fourth-order valence-corrected chi connectivity index (χ4v) is 3.87. The SMILES string of the molecule is O=S(=O)(Nc1cc(Cl)ccc1F)c1cc(CO)ccc1Br. The summed E-state index contributed by atoms with van der Waals surface area (Å²) in [5.41, 5.74) is 0.175. The molecule has 0 unspecified atom stereocenters. The van der Waals surface area contributed by atoms with E-state index in [4.69, 9.17) is 16.7 Å². The van der Waals surface area contributed by atoms with E-state index in [0.29, 0.717) is 10.0 Å². The highest BCUT2D eigenvalue weighted by Gasteiger charge is 2.20. The molecule has 0 aliphatic rings. The average molecular weight is 395 g/mol. The standard InChI is InChI=1S/C13H10BrClFNO3S/c14-10-3-1-8(7-18)5-13(10)21(19,20)17-12-6-9(15)2-4-11(12)16/h1-6,17-18H,7H2. The van der Waals surface area contributed by atoms with Gasteiger partial charge in [-0.1, -0.05) is 17.7 Å². The number of aliphatic hydroxyl groups excluding tert-OH is 1. The lowest BCUT2D eigenvalue weighted by Gasteiger charge is -2.11. The number of anilines is 1. The number of sulfonamides is 1. The van der Waals surface area contributed by atoms with Crippen molar-refractivity contribution in [1.82, 2.24) is 0 Å². The van der Waals surface area contributed by atoms with Crippen LogP contribution in [-0.4, -0.2) is 13.5 Å². The summed E-state index contributed by atoms with van der Waals surface area (Å²) < 4.78 is 40.7. The van der Waals surface area contributed by atoms with E-state index in [1.165, 1.54) is 24.3 Å². The first kappa shape index (κ1) is 16.2. The van der Waals surface area contributed by atoms with Gasteiger partial charge in [0.25, 0.3) is 10.0 Å². The Morgan fingerprint density at radius 3 is 2.62 bits per heavy atom. The van der Waals surface area contributed by atoms with Gasteiger partial charge >= 0.3 is 0 Å². The third-order valence-corrected chi connectivity index (χ3v) is 5.23. The molecule has 0 saturated carbocycles. The summed E-state index contributed by atoms with van der Waals surface area (Å²) in [6, 6.07) is 7.93. The van der Waals surface area contributed by atoms with Gasteiger partial charge in [-0.15, -0.1) is 0 Å². The minimum atomic E-state index is -4.02. The maximum Gasteiger partial charge on any atom is 0.263 e. The molecule has 8 heteroatoms. The molecule has 0 aromatic heterocycles. The third-order valence-electron chi connectivity index (χ3n) is 2.64. The molecule has 2 aromatic carbocycles. The minimum Gasteiger partial charge on any atom is -0.392 e. The van der Waals surface area contributed by atoms with Crippen LogP contribution in [0.2, 0.25) is 5.02 Å². The Morgan fingerprint density at radius 2 is 1.95 bits per heavy atom. The molecule has 0 spiro atoms. The van der Waals surface area contributed by atoms with Crippen molar-refractivity contribution >= 4 is 43.2 Å². The van der Waals surface area contributed by atoms with Crippen LogP contribution in [0.5, 0.6) is 0 Å². The van der Waals surface area contributed by atoms with E-state index in [2.05, 4.69) is 20.7 Å². The molecule has 0 radical (unpaired) electrons. The van der Waals surface area contributed by atoms with Crippen LogP contribution in [0.1, 0.15) is 5.56 Å². The van der Waals surface area contributed by atoms with Crippen LogP contribution < -0.4 is 4.72 Å². The van der Waals surface area contributed by atoms with Crippen molar-refractivity contribution in [2.45, 2.75) is 11.5 Å². The Kier molecular flexibility index (Phi) is 4.88. The van der Waals surface area contributed by atoms with Gasteiger partial charge in [-0.2, -0.15) is 0 Å². The predicted molar refractivity (Wildman–Crippen MR) is 82.3 cm³/mol. The molecule has 0 aliphatic carbocycles. The van der Waals surface area contributed by atoms with Gasteiger partial charge in [-0.05, 0) is 51.8 Å². The molecule has 0 bridgehead atoms. The molecule has 0 aliphatic heterocycles. The Bertz CT molecular complexity index is 783. The molecular weight excluding hydrogens is 385 g/mol. The van der Waals surface area contributed by atoms with E-state index in [1.807, 2.05) is 0 Å². The zero-order valence-electron chi connectivity index (χ0n) is 10.5. The van der Waals surface area contributed by atoms with Gasteiger partial charge in [-0.25, -0.2) is 12.8 Å². The maximum atomic E-state index is 13.6. The van der Waals surface area contributed by atoms with Crippen LogP contribution >= 0.6 is 27.5 Å². The van der Waals surface area contributed by atoms with Gasteiger partial charge in [-0.3, -0.25) is 4.72 Å². The van der Waals surface area contributed by atoms with Crippen molar-refractivity contribution in [1.29, 1.82) is 0 Å². The minimum absolute atomic E-state index is 0.103. The number of nitrogens with one attached hydrogen (secondary N) is 1. The lowest BCUT2D eigenvalue weighted by molar-refractivity contribution is 0.281. The second-order valence-electron chi connectivity index (χ2n) is 4.15. The van der Waals surface area contributed by atoms with Gasteiger partial charge < -0.3 is 5.11 Å². The van der Waals surface area contributed by atoms with E-state index in [9.17, 15) is 12.8 Å². The smallest absolute Gasteiger partial charge is 0.263 e. The van der Waals surface area contributed by atoms with Gasteiger partial charge in [0.05, 0.1) is 12.3 Å². The lowest BCUT2D eigenvalue weighted by atomic mass is 10.2. The largest absolute Gasteiger partial charge is 0.392 e. The van der Waals surface area contributed by atoms with Crippen LogP contribution in [0.25, 0.3) is 0 Å². The Morgan fingerprint density at radius 1 is 1.24 bits per heavy atom. The van der Waals surface area contributed by atoms with E-state index in [1.54, 1.807) is 6.07 Å². The Balaban J connectivity index is 2.45. The highest BCUT2D eigenvalue weighted by Crippen LogP contribution is 2.27. The van der Waals surface area contributed by atoms with Crippen LogP contribution in [0.4, 0.5) is 10.1 Å². The molecular formula is C13H10BrClFNO3S. The highest BCUT2D eigenvalue weighted by atomic mass is 79.9. The van der Waals surface area contributed by atoms with Gasteiger partial charge in [0, 0.05) is 9.50 Å². The van der Waals surface area contributed by atoms with Crippen LogP contribution in [0.15, 0.2) is 45.8 Å². The summed E-state index contributed by atoms with van der Waals surface area (Å²) in [7, 11) is -4.02. The van der Waals surface area contributed by atoms with Crippen molar-refractivity contribution in [3.63, 3.8) is 0 Å². The van der Waals surface area contributed by atoms with E-state index >= 15 is 0 Å². The zero-order chi connectivity index (χ0) is 15.6. The molecule has 0 amide bonds. The number of halogens is 3. The van der Waals surface area contributed by atoms with Crippen molar-refractivity contribution in [3.05, 3.63) is 57.3 Å². The molecule has 2 rings (SSSR count). The lowest BCUT2D eigenvalue weighted by Crippen LogP contribution is -2.15. The molecule has 21 heavy (non-hydrogen) atoms. The number of hydrogen-bond donors (Lipinski definition) is 2. The van der Waals surface area contributed by atoms with Gasteiger partial charge in [0.1, 0.15) is 10.7 Å². The second-order valence-corrected chi connectivity index (χ2v) is 7.09. The summed E-state index contributed by atoms with van der Waals surface area (Å²) in [5.74, 6) is -0.739. The second kappa shape index (κ2) is 6.31. The van der Waals surface area contributed by atoms with Crippen LogP contribution in [0.3, 0.4) is 0 Å². The van der Waals surface area contributed by atoms with Crippen LogP contribution in [-0.2, 0) is 16.6 Å². The first-order valence-corrected chi connectivity index (χ1v) is 8.36. The average Bonchev–Trinajstić information content (AvgIpc) is 2.43. The molecule has 0 atom stereocenters. The monoisotopic (exact) mass is 393 g/mol. The van der Waals surface area contributed by atoms with Crippen molar-refractivity contribution in [3.8, 4) is 0 Å². The summed E-state index contributed by atoms with van der Waals surface area (Å²) in [4.78, 5) is -0.103. The Labute approximate surface area is 134 Å². The van der Waals surface area contributed by atoms with Crippen molar-refractivity contribution < 1.29 is 17.9 Å².